The van der Waals surface area contributed by atoms with Gasteiger partial charge in [-0.1, -0.05) is 13.0 Å². The van der Waals surface area contributed by atoms with Crippen molar-refractivity contribution in [2.45, 2.75) is 58.3 Å². The smallest absolute Gasteiger partial charge is 0.162 e. The molecule has 6 atom stereocenters. The van der Waals surface area contributed by atoms with Crippen LogP contribution in [-0.2, 0) is 9.59 Å². The van der Waals surface area contributed by atoms with E-state index in [2.05, 4.69) is 13.0 Å². The van der Waals surface area contributed by atoms with Gasteiger partial charge in [-0.05, 0) is 74.2 Å². The quantitative estimate of drug-likeness (QED) is 0.731. The molecule has 0 radical (unpaired) electrons. The molecular formula is C19H26O2. The Kier molecular flexibility index (Phi) is 3.13. The maximum absolute atomic E-state index is 12.4. The predicted octanol–water partition coefficient (Wildman–Crippen LogP) is 3.94. The highest BCUT2D eigenvalue weighted by molar-refractivity contribution is 5.98. The minimum atomic E-state index is -0.0571. The molecule has 4 aliphatic rings. The van der Waals surface area contributed by atoms with Crippen molar-refractivity contribution in [3.8, 4) is 0 Å². The Morgan fingerprint density at radius 1 is 1.10 bits per heavy atom. The first-order valence-corrected chi connectivity index (χ1v) is 8.90. The molecule has 3 fully saturated rings. The first-order chi connectivity index (χ1) is 10.2. The van der Waals surface area contributed by atoms with Crippen molar-refractivity contribution in [3.05, 3.63) is 12.2 Å². The fourth-order valence-corrected chi connectivity index (χ4v) is 6.36. The second-order valence-electron chi connectivity index (χ2n) is 7.91. The summed E-state index contributed by atoms with van der Waals surface area (Å²) in [7, 11) is 0. The van der Waals surface area contributed by atoms with Crippen molar-refractivity contribution >= 4 is 11.6 Å². The Morgan fingerprint density at radius 3 is 2.76 bits per heavy atom. The Hall–Kier alpha value is -0.920. The second kappa shape index (κ2) is 4.79. The van der Waals surface area contributed by atoms with E-state index in [4.69, 9.17) is 0 Å². The van der Waals surface area contributed by atoms with Crippen molar-refractivity contribution < 1.29 is 9.59 Å². The number of carbonyl (C=O) groups is 2. The first kappa shape index (κ1) is 13.7. The van der Waals surface area contributed by atoms with Crippen LogP contribution in [0.25, 0.3) is 0 Å². The number of allylic oxidation sites excluding steroid dienone is 2. The van der Waals surface area contributed by atoms with Gasteiger partial charge >= 0.3 is 0 Å². The fraction of sp³-hybridized carbons (Fsp3) is 0.789. The number of hydrogen-bond donors (Lipinski definition) is 0. The summed E-state index contributed by atoms with van der Waals surface area (Å²) >= 11 is 0. The fourth-order valence-electron chi connectivity index (χ4n) is 6.36. The van der Waals surface area contributed by atoms with Gasteiger partial charge in [-0.2, -0.15) is 0 Å². The summed E-state index contributed by atoms with van der Waals surface area (Å²) < 4.78 is 0. The third-order valence-electron chi connectivity index (χ3n) is 7.42. The molecule has 2 heteroatoms. The number of Topliss-reactive ketones (excluding diaryl/α,β-unsaturated/α-hetero) is 1. The summed E-state index contributed by atoms with van der Waals surface area (Å²) in [5, 5.41) is 0. The molecule has 0 bridgehead atoms. The highest BCUT2D eigenvalue weighted by Crippen LogP contribution is 2.60. The molecular weight excluding hydrogens is 260 g/mol. The van der Waals surface area contributed by atoms with Crippen LogP contribution in [0.5, 0.6) is 0 Å². The molecule has 0 aromatic heterocycles. The SMILES string of the molecule is CC[C@]12CCC3C4CCC(=O)CC4CCC3C1C=CC2=O. The first-order valence-electron chi connectivity index (χ1n) is 8.90. The summed E-state index contributed by atoms with van der Waals surface area (Å²) in [6.07, 6.45) is 12.7. The predicted molar refractivity (Wildman–Crippen MR) is 81.6 cm³/mol. The molecule has 114 valence electrons. The zero-order chi connectivity index (χ0) is 14.6. The maximum Gasteiger partial charge on any atom is 0.162 e. The van der Waals surface area contributed by atoms with E-state index in [0.29, 0.717) is 29.3 Å². The van der Waals surface area contributed by atoms with Gasteiger partial charge in [0.2, 0.25) is 0 Å². The number of hydrogen-bond acceptors (Lipinski definition) is 2. The molecule has 4 aliphatic carbocycles. The Morgan fingerprint density at radius 2 is 1.95 bits per heavy atom. The summed E-state index contributed by atoms with van der Waals surface area (Å²) in [5.74, 6) is 4.28. The molecule has 0 heterocycles. The van der Waals surface area contributed by atoms with E-state index in [1.807, 2.05) is 6.08 Å². The van der Waals surface area contributed by atoms with Crippen LogP contribution in [0, 0.1) is 35.0 Å². The van der Waals surface area contributed by atoms with Crippen molar-refractivity contribution in [3.63, 3.8) is 0 Å². The van der Waals surface area contributed by atoms with E-state index in [9.17, 15) is 9.59 Å². The molecule has 4 rings (SSSR count). The van der Waals surface area contributed by atoms with Crippen molar-refractivity contribution in [2.75, 3.05) is 0 Å². The average molecular weight is 286 g/mol. The van der Waals surface area contributed by atoms with Crippen LogP contribution in [-0.4, -0.2) is 11.6 Å². The molecule has 2 nitrogen and oxygen atoms in total. The molecule has 0 aromatic carbocycles. The Labute approximate surface area is 127 Å². The molecule has 0 aromatic rings. The van der Waals surface area contributed by atoms with Gasteiger partial charge in [0.05, 0.1) is 0 Å². The van der Waals surface area contributed by atoms with Crippen LogP contribution < -0.4 is 0 Å². The van der Waals surface area contributed by atoms with Gasteiger partial charge in [-0.25, -0.2) is 0 Å². The minimum Gasteiger partial charge on any atom is -0.300 e. The van der Waals surface area contributed by atoms with Gasteiger partial charge in [-0.3, -0.25) is 9.59 Å². The topological polar surface area (TPSA) is 34.1 Å². The van der Waals surface area contributed by atoms with Crippen LogP contribution in [0.2, 0.25) is 0 Å². The van der Waals surface area contributed by atoms with E-state index in [1.165, 1.54) is 19.3 Å². The van der Waals surface area contributed by atoms with Gasteiger partial charge in [-0.15, -0.1) is 0 Å². The summed E-state index contributed by atoms with van der Waals surface area (Å²) in [6, 6.07) is 0. The lowest BCUT2D eigenvalue weighted by molar-refractivity contribution is -0.134. The molecule has 0 spiro atoms. The van der Waals surface area contributed by atoms with E-state index >= 15 is 0 Å². The number of carbonyl (C=O) groups excluding carboxylic acids is 2. The monoisotopic (exact) mass is 286 g/mol. The maximum atomic E-state index is 12.4. The van der Waals surface area contributed by atoms with Crippen molar-refractivity contribution in [1.82, 2.24) is 0 Å². The third kappa shape index (κ3) is 1.83. The van der Waals surface area contributed by atoms with Crippen LogP contribution in [0.3, 0.4) is 0 Å². The van der Waals surface area contributed by atoms with Gasteiger partial charge in [0.1, 0.15) is 5.78 Å². The van der Waals surface area contributed by atoms with Gasteiger partial charge in [0.25, 0.3) is 0 Å². The summed E-state index contributed by atoms with van der Waals surface area (Å²) in [5.41, 5.74) is -0.0571. The highest BCUT2D eigenvalue weighted by atomic mass is 16.1. The standard InChI is InChI=1S/C19H26O2/c1-2-19-10-9-15-14-6-4-13(20)11-12(14)3-5-16(15)17(19)7-8-18(19)21/h7-8,12,14-17H,2-6,9-11H2,1H3/t12?,14?,15?,16?,17?,19-/m0/s1. The zero-order valence-electron chi connectivity index (χ0n) is 13.0. The van der Waals surface area contributed by atoms with Crippen LogP contribution >= 0.6 is 0 Å². The molecule has 0 saturated heterocycles. The van der Waals surface area contributed by atoms with Crippen molar-refractivity contribution in [2.24, 2.45) is 35.0 Å². The lowest BCUT2D eigenvalue weighted by atomic mass is 9.49. The Bertz CT molecular complexity index is 506. The molecule has 3 saturated carbocycles. The summed E-state index contributed by atoms with van der Waals surface area (Å²) in [6.45, 7) is 2.20. The molecule has 0 aliphatic heterocycles. The van der Waals surface area contributed by atoms with E-state index in [-0.39, 0.29) is 5.41 Å². The highest BCUT2D eigenvalue weighted by Gasteiger charge is 2.56. The molecule has 5 unspecified atom stereocenters. The van der Waals surface area contributed by atoms with Gasteiger partial charge in [0, 0.05) is 18.3 Å². The normalized spacial score (nSPS) is 48.7. The Balaban J connectivity index is 1.62. The van der Waals surface area contributed by atoms with Gasteiger partial charge in [0.15, 0.2) is 5.78 Å². The number of rotatable bonds is 1. The number of ketones is 2. The van der Waals surface area contributed by atoms with Crippen LogP contribution in [0.1, 0.15) is 58.3 Å². The van der Waals surface area contributed by atoms with E-state index in [1.54, 1.807) is 0 Å². The lowest BCUT2D eigenvalue weighted by Gasteiger charge is -2.54. The third-order valence-corrected chi connectivity index (χ3v) is 7.42. The summed E-state index contributed by atoms with van der Waals surface area (Å²) in [4.78, 5) is 24.2. The molecule has 0 amide bonds. The minimum absolute atomic E-state index is 0.0571. The lowest BCUT2D eigenvalue weighted by Crippen LogP contribution is -2.49. The van der Waals surface area contributed by atoms with E-state index in [0.717, 1.165) is 43.9 Å². The zero-order valence-corrected chi connectivity index (χ0v) is 13.0. The molecule has 21 heavy (non-hydrogen) atoms. The molecule has 0 N–H and O–H groups in total. The average Bonchev–Trinajstić information content (AvgIpc) is 2.84. The largest absolute Gasteiger partial charge is 0.300 e. The van der Waals surface area contributed by atoms with Gasteiger partial charge < -0.3 is 0 Å². The van der Waals surface area contributed by atoms with Crippen LogP contribution in [0.4, 0.5) is 0 Å². The number of fused-ring (bicyclic) bond motifs is 5. The van der Waals surface area contributed by atoms with Crippen LogP contribution in [0.15, 0.2) is 12.2 Å². The second-order valence-corrected chi connectivity index (χ2v) is 7.91. The van der Waals surface area contributed by atoms with E-state index < -0.39 is 0 Å². The van der Waals surface area contributed by atoms with Crippen molar-refractivity contribution in [1.29, 1.82) is 0 Å².